The van der Waals surface area contributed by atoms with E-state index >= 15 is 0 Å². The normalized spacial score (nSPS) is 20.7. The zero-order valence-electron chi connectivity index (χ0n) is 9.57. The third-order valence-electron chi connectivity index (χ3n) is 2.98. The van der Waals surface area contributed by atoms with Crippen molar-refractivity contribution in [1.29, 1.82) is 0 Å². The summed E-state index contributed by atoms with van der Waals surface area (Å²) in [6.07, 6.45) is 6.74. The Hall–Kier alpha value is -1.36. The minimum absolute atomic E-state index is 0.00451. The second-order valence-corrected chi connectivity index (χ2v) is 4.30. The van der Waals surface area contributed by atoms with Crippen molar-refractivity contribution in [3.8, 4) is 0 Å². The summed E-state index contributed by atoms with van der Waals surface area (Å²) in [5.41, 5.74) is 0.554. The number of hydrogen-bond donors (Lipinski definition) is 2. The van der Waals surface area contributed by atoms with Gasteiger partial charge in [-0.15, -0.1) is 0 Å². The van der Waals surface area contributed by atoms with Gasteiger partial charge >= 0.3 is 0 Å². The van der Waals surface area contributed by atoms with E-state index in [1.807, 2.05) is 7.05 Å². The lowest BCUT2D eigenvalue weighted by atomic mass is 10.0. The Morgan fingerprint density at radius 1 is 1.62 bits per heavy atom. The molecule has 0 aliphatic carbocycles. The van der Waals surface area contributed by atoms with Crippen molar-refractivity contribution in [2.75, 3.05) is 20.1 Å². The SMILES string of the molecule is CN(CC1CCCCN1)C(=O)c1cnc[nH]1. The number of nitrogens with zero attached hydrogens (tertiary/aromatic N) is 2. The summed E-state index contributed by atoms with van der Waals surface area (Å²) >= 11 is 0. The Morgan fingerprint density at radius 3 is 3.12 bits per heavy atom. The Bertz CT molecular complexity index is 330. The molecule has 1 amide bonds. The quantitative estimate of drug-likeness (QED) is 0.788. The fourth-order valence-corrected chi connectivity index (χ4v) is 2.07. The smallest absolute Gasteiger partial charge is 0.271 e. The highest BCUT2D eigenvalue weighted by atomic mass is 16.2. The van der Waals surface area contributed by atoms with Gasteiger partial charge in [0, 0.05) is 19.6 Å². The lowest BCUT2D eigenvalue weighted by molar-refractivity contribution is 0.0770. The van der Waals surface area contributed by atoms with Gasteiger partial charge in [-0.05, 0) is 19.4 Å². The highest BCUT2D eigenvalue weighted by Crippen LogP contribution is 2.09. The van der Waals surface area contributed by atoms with E-state index in [-0.39, 0.29) is 5.91 Å². The summed E-state index contributed by atoms with van der Waals surface area (Å²) < 4.78 is 0. The average molecular weight is 222 g/mol. The summed E-state index contributed by atoms with van der Waals surface area (Å²) in [7, 11) is 1.83. The van der Waals surface area contributed by atoms with E-state index < -0.39 is 0 Å². The zero-order valence-corrected chi connectivity index (χ0v) is 9.57. The van der Waals surface area contributed by atoms with E-state index in [2.05, 4.69) is 15.3 Å². The Balaban J connectivity index is 1.87. The zero-order chi connectivity index (χ0) is 11.4. The molecule has 0 saturated carbocycles. The molecule has 2 rings (SSSR count). The minimum atomic E-state index is 0.00451. The molecule has 5 nitrogen and oxygen atoms in total. The van der Waals surface area contributed by atoms with Gasteiger partial charge in [0.15, 0.2) is 0 Å². The van der Waals surface area contributed by atoms with Crippen LogP contribution >= 0.6 is 0 Å². The Labute approximate surface area is 95.2 Å². The van der Waals surface area contributed by atoms with Crippen molar-refractivity contribution in [2.24, 2.45) is 0 Å². The van der Waals surface area contributed by atoms with Crippen molar-refractivity contribution in [2.45, 2.75) is 25.3 Å². The molecule has 0 aromatic carbocycles. The molecule has 0 bridgehead atoms. The van der Waals surface area contributed by atoms with Crippen LogP contribution in [0.4, 0.5) is 0 Å². The van der Waals surface area contributed by atoms with Gasteiger partial charge in [-0.1, -0.05) is 6.42 Å². The molecular formula is C11H18N4O. The summed E-state index contributed by atoms with van der Waals surface area (Å²) in [6, 6.07) is 0.436. The summed E-state index contributed by atoms with van der Waals surface area (Å²) in [6.45, 7) is 1.83. The van der Waals surface area contributed by atoms with Crippen LogP contribution in [0, 0.1) is 0 Å². The second-order valence-electron chi connectivity index (χ2n) is 4.30. The number of amides is 1. The number of piperidine rings is 1. The molecule has 16 heavy (non-hydrogen) atoms. The van der Waals surface area contributed by atoms with Crippen molar-refractivity contribution in [3.63, 3.8) is 0 Å². The molecule has 1 fully saturated rings. The Kier molecular flexibility index (Phi) is 3.56. The maximum absolute atomic E-state index is 11.9. The van der Waals surface area contributed by atoms with Gasteiger partial charge in [0.1, 0.15) is 5.69 Å². The van der Waals surface area contributed by atoms with Gasteiger partial charge in [-0.25, -0.2) is 4.98 Å². The number of nitrogens with one attached hydrogen (secondary N) is 2. The minimum Gasteiger partial charge on any atom is -0.341 e. The fraction of sp³-hybridized carbons (Fsp3) is 0.636. The molecule has 1 atom stereocenters. The number of aromatic amines is 1. The van der Waals surface area contributed by atoms with E-state index in [1.165, 1.54) is 19.2 Å². The van der Waals surface area contributed by atoms with Crippen LogP contribution < -0.4 is 5.32 Å². The number of carbonyl (C=O) groups excluding carboxylic acids is 1. The number of imidazole rings is 1. The van der Waals surface area contributed by atoms with Crippen LogP contribution in [0.15, 0.2) is 12.5 Å². The van der Waals surface area contributed by atoms with E-state index in [1.54, 1.807) is 11.1 Å². The van der Waals surface area contributed by atoms with Gasteiger partial charge < -0.3 is 15.2 Å². The standard InChI is InChI=1S/C11H18N4O/c1-15(7-9-4-2-3-5-13-9)11(16)10-6-12-8-14-10/h6,8-9,13H,2-5,7H2,1H3,(H,12,14). The van der Waals surface area contributed by atoms with Gasteiger partial charge in [0.05, 0.1) is 12.5 Å². The third kappa shape index (κ3) is 2.61. The molecule has 0 radical (unpaired) electrons. The number of H-pyrrole nitrogens is 1. The number of rotatable bonds is 3. The molecule has 1 aliphatic rings. The lowest BCUT2D eigenvalue weighted by Gasteiger charge is -2.27. The highest BCUT2D eigenvalue weighted by Gasteiger charge is 2.19. The summed E-state index contributed by atoms with van der Waals surface area (Å²) in [5.74, 6) is 0.00451. The molecule has 1 saturated heterocycles. The van der Waals surface area contributed by atoms with E-state index in [0.717, 1.165) is 19.5 Å². The van der Waals surface area contributed by atoms with Crippen molar-refractivity contribution in [1.82, 2.24) is 20.2 Å². The van der Waals surface area contributed by atoms with E-state index in [0.29, 0.717) is 11.7 Å². The summed E-state index contributed by atoms with van der Waals surface area (Å²) in [5, 5.41) is 3.43. The predicted molar refractivity (Wildman–Crippen MR) is 61.2 cm³/mol. The highest BCUT2D eigenvalue weighted by molar-refractivity contribution is 5.91. The van der Waals surface area contributed by atoms with Crippen LogP contribution in [-0.4, -0.2) is 47.0 Å². The number of aromatic nitrogens is 2. The van der Waals surface area contributed by atoms with Gasteiger partial charge in [0.25, 0.3) is 5.91 Å². The lowest BCUT2D eigenvalue weighted by Crippen LogP contribution is -2.44. The first-order valence-corrected chi connectivity index (χ1v) is 5.74. The first kappa shape index (κ1) is 11.1. The predicted octanol–water partition coefficient (Wildman–Crippen LogP) is 0.624. The summed E-state index contributed by atoms with van der Waals surface area (Å²) in [4.78, 5) is 20.3. The first-order chi connectivity index (χ1) is 7.77. The fourth-order valence-electron chi connectivity index (χ4n) is 2.07. The molecule has 1 aromatic rings. The molecule has 2 heterocycles. The number of hydrogen-bond acceptors (Lipinski definition) is 3. The topological polar surface area (TPSA) is 61.0 Å². The van der Waals surface area contributed by atoms with Crippen molar-refractivity contribution < 1.29 is 4.79 Å². The average Bonchev–Trinajstić information content (AvgIpc) is 2.83. The van der Waals surface area contributed by atoms with Crippen LogP contribution in [0.1, 0.15) is 29.8 Å². The molecule has 2 N–H and O–H groups in total. The maximum atomic E-state index is 11.9. The van der Waals surface area contributed by atoms with E-state index in [4.69, 9.17) is 0 Å². The molecular weight excluding hydrogens is 204 g/mol. The van der Waals surface area contributed by atoms with Crippen LogP contribution in [0.2, 0.25) is 0 Å². The van der Waals surface area contributed by atoms with Crippen LogP contribution in [0.5, 0.6) is 0 Å². The molecule has 1 aliphatic heterocycles. The second kappa shape index (κ2) is 5.12. The largest absolute Gasteiger partial charge is 0.341 e. The van der Waals surface area contributed by atoms with Crippen LogP contribution in [0.3, 0.4) is 0 Å². The number of carbonyl (C=O) groups is 1. The maximum Gasteiger partial charge on any atom is 0.271 e. The van der Waals surface area contributed by atoms with Gasteiger partial charge in [-0.2, -0.15) is 0 Å². The molecule has 5 heteroatoms. The van der Waals surface area contributed by atoms with Gasteiger partial charge in [-0.3, -0.25) is 4.79 Å². The molecule has 1 aromatic heterocycles. The monoisotopic (exact) mass is 222 g/mol. The van der Waals surface area contributed by atoms with Crippen LogP contribution in [0.25, 0.3) is 0 Å². The Morgan fingerprint density at radius 2 is 2.50 bits per heavy atom. The number of likely N-dealkylation sites (N-methyl/N-ethyl adjacent to an activating group) is 1. The van der Waals surface area contributed by atoms with Crippen LogP contribution in [-0.2, 0) is 0 Å². The molecule has 88 valence electrons. The molecule has 1 unspecified atom stereocenters. The van der Waals surface area contributed by atoms with Crippen molar-refractivity contribution in [3.05, 3.63) is 18.2 Å². The first-order valence-electron chi connectivity index (χ1n) is 5.74. The molecule has 0 spiro atoms. The van der Waals surface area contributed by atoms with Gasteiger partial charge in [0.2, 0.25) is 0 Å². The van der Waals surface area contributed by atoms with E-state index in [9.17, 15) is 4.79 Å². The van der Waals surface area contributed by atoms with Crippen molar-refractivity contribution >= 4 is 5.91 Å². The third-order valence-corrected chi connectivity index (χ3v) is 2.98.